The Bertz CT molecular complexity index is 713. The second-order valence-electron chi connectivity index (χ2n) is 3.57. The van der Waals surface area contributed by atoms with Crippen molar-refractivity contribution in [1.82, 2.24) is 14.6 Å². The molecule has 0 spiro atoms. The molecule has 0 saturated carbocycles. The molecule has 0 aliphatic carbocycles. The number of aromatic nitrogens is 3. The largest absolute Gasteiger partial charge is 0.437 e. The molecule has 0 amide bonds. The summed E-state index contributed by atoms with van der Waals surface area (Å²) < 4.78 is 21.0. The number of nitrogens with zero attached hydrogens (tertiary/aromatic N) is 3. The zero-order valence-corrected chi connectivity index (χ0v) is 10.6. The van der Waals surface area contributed by atoms with E-state index in [1.165, 1.54) is 6.07 Å². The summed E-state index contributed by atoms with van der Waals surface area (Å²) >= 11 is 3.09. The predicted molar refractivity (Wildman–Crippen MR) is 67.2 cm³/mol. The molecule has 0 N–H and O–H groups in total. The highest BCUT2D eigenvalue weighted by molar-refractivity contribution is 9.10. The molecule has 18 heavy (non-hydrogen) atoms. The third-order valence-corrected chi connectivity index (χ3v) is 3.04. The predicted octanol–water partition coefficient (Wildman–Crippen LogP) is 3.42. The van der Waals surface area contributed by atoms with Gasteiger partial charge in [0.05, 0.1) is 10.7 Å². The van der Waals surface area contributed by atoms with Crippen molar-refractivity contribution in [3.8, 4) is 11.6 Å². The molecule has 0 fully saturated rings. The van der Waals surface area contributed by atoms with Crippen molar-refractivity contribution in [3.63, 3.8) is 0 Å². The van der Waals surface area contributed by atoms with Crippen LogP contribution < -0.4 is 4.74 Å². The first kappa shape index (κ1) is 11.2. The van der Waals surface area contributed by atoms with E-state index in [2.05, 4.69) is 26.0 Å². The monoisotopic (exact) mass is 307 g/mol. The van der Waals surface area contributed by atoms with Crippen LogP contribution in [-0.2, 0) is 0 Å². The second kappa shape index (κ2) is 4.38. The maximum Gasteiger partial charge on any atom is 0.245 e. The van der Waals surface area contributed by atoms with Gasteiger partial charge in [-0.15, -0.1) is 0 Å². The molecule has 0 atom stereocenters. The lowest BCUT2D eigenvalue weighted by Crippen LogP contribution is -1.94. The Morgan fingerprint density at radius 3 is 2.94 bits per heavy atom. The number of benzene rings is 1. The number of hydrogen-bond acceptors (Lipinski definition) is 3. The van der Waals surface area contributed by atoms with Crippen LogP contribution in [-0.4, -0.2) is 14.6 Å². The Morgan fingerprint density at radius 1 is 1.22 bits per heavy atom. The fourth-order valence-corrected chi connectivity index (χ4v) is 1.81. The SMILES string of the molecule is Fc1cc(Oc2nccn3nccc23)ccc1Br. The minimum atomic E-state index is -0.382. The zero-order chi connectivity index (χ0) is 12.5. The number of halogens is 2. The fraction of sp³-hybridized carbons (Fsp3) is 0. The van der Waals surface area contributed by atoms with E-state index in [1.54, 1.807) is 41.3 Å². The number of hydrogen-bond donors (Lipinski definition) is 0. The van der Waals surface area contributed by atoms with Crippen molar-refractivity contribution in [2.75, 3.05) is 0 Å². The van der Waals surface area contributed by atoms with Crippen LogP contribution in [0.25, 0.3) is 5.52 Å². The van der Waals surface area contributed by atoms with Gasteiger partial charge in [-0.25, -0.2) is 13.9 Å². The average Bonchev–Trinajstić information content (AvgIpc) is 2.83. The van der Waals surface area contributed by atoms with E-state index in [-0.39, 0.29) is 5.82 Å². The van der Waals surface area contributed by atoms with Gasteiger partial charge in [-0.05, 0) is 34.1 Å². The summed E-state index contributed by atoms with van der Waals surface area (Å²) in [5.41, 5.74) is 0.723. The summed E-state index contributed by atoms with van der Waals surface area (Å²) in [6.45, 7) is 0. The van der Waals surface area contributed by atoms with E-state index in [4.69, 9.17) is 4.74 Å². The quantitative estimate of drug-likeness (QED) is 0.728. The first-order valence-electron chi connectivity index (χ1n) is 5.15. The van der Waals surface area contributed by atoms with Crippen molar-refractivity contribution in [2.24, 2.45) is 0 Å². The Balaban J connectivity index is 2.01. The Labute approximate surface area is 110 Å². The molecule has 1 aromatic carbocycles. The number of fused-ring (bicyclic) bond motifs is 1. The van der Waals surface area contributed by atoms with Gasteiger partial charge in [0, 0.05) is 18.5 Å². The molecule has 4 nitrogen and oxygen atoms in total. The van der Waals surface area contributed by atoms with Gasteiger partial charge in [0.2, 0.25) is 5.88 Å². The molecular weight excluding hydrogens is 301 g/mol. The standard InChI is InChI=1S/C12H7BrFN3O/c13-9-2-1-8(7-10(9)14)18-12-11-3-4-16-17(11)6-5-15-12/h1-7H. The lowest BCUT2D eigenvalue weighted by molar-refractivity contribution is 0.460. The Morgan fingerprint density at radius 2 is 2.11 bits per heavy atom. The molecule has 90 valence electrons. The first-order valence-corrected chi connectivity index (χ1v) is 5.94. The van der Waals surface area contributed by atoms with E-state index in [0.29, 0.717) is 16.1 Å². The fourth-order valence-electron chi connectivity index (χ4n) is 1.56. The second-order valence-corrected chi connectivity index (χ2v) is 4.43. The molecule has 2 heterocycles. The zero-order valence-electron chi connectivity index (χ0n) is 9.05. The van der Waals surface area contributed by atoms with Gasteiger partial charge in [0.25, 0.3) is 0 Å². The van der Waals surface area contributed by atoms with E-state index in [1.807, 2.05) is 0 Å². The maximum atomic E-state index is 13.4. The van der Waals surface area contributed by atoms with E-state index < -0.39 is 0 Å². The molecule has 0 radical (unpaired) electrons. The minimum absolute atomic E-state index is 0.382. The van der Waals surface area contributed by atoms with Crippen molar-refractivity contribution >= 4 is 21.4 Å². The maximum absolute atomic E-state index is 13.4. The first-order chi connectivity index (χ1) is 8.74. The minimum Gasteiger partial charge on any atom is -0.437 e. The highest BCUT2D eigenvalue weighted by Gasteiger charge is 2.07. The molecule has 2 aromatic heterocycles. The van der Waals surface area contributed by atoms with Crippen molar-refractivity contribution < 1.29 is 9.13 Å². The van der Waals surface area contributed by atoms with Gasteiger partial charge in [-0.2, -0.15) is 5.10 Å². The van der Waals surface area contributed by atoms with E-state index in [0.717, 1.165) is 5.52 Å². The van der Waals surface area contributed by atoms with Crippen LogP contribution in [0.3, 0.4) is 0 Å². The molecule has 0 aliphatic heterocycles. The van der Waals surface area contributed by atoms with Gasteiger partial charge in [0.1, 0.15) is 17.1 Å². The Kier molecular flexibility index (Phi) is 2.71. The van der Waals surface area contributed by atoms with Crippen LogP contribution in [0, 0.1) is 5.82 Å². The van der Waals surface area contributed by atoms with Crippen LogP contribution in [0.1, 0.15) is 0 Å². The van der Waals surface area contributed by atoms with Gasteiger partial charge in [0.15, 0.2) is 0 Å². The van der Waals surface area contributed by atoms with Crippen molar-refractivity contribution in [2.45, 2.75) is 0 Å². The third kappa shape index (κ3) is 1.95. The molecule has 0 aliphatic rings. The summed E-state index contributed by atoms with van der Waals surface area (Å²) in [5.74, 6) is 0.391. The molecule has 0 unspecified atom stereocenters. The summed E-state index contributed by atoms with van der Waals surface area (Å²) in [4.78, 5) is 4.11. The van der Waals surface area contributed by atoms with Crippen LogP contribution in [0.5, 0.6) is 11.6 Å². The van der Waals surface area contributed by atoms with Gasteiger partial charge in [-0.1, -0.05) is 0 Å². The van der Waals surface area contributed by atoms with Gasteiger partial charge >= 0.3 is 0 Å². The summed E-state index contributed by atoms with van der Waals surface area (Å²) in [6.07, 6.45) is 4.93. The summed E-state index contributed by atoms with van der Waals surface area (Å²) in [7, 11) is 0. The molecule has 6 heteroatoms. The van der Waals surface area contributed by atoms with Crippen LogP contribution in [0.4, 0.5) is 4.39 Å². The highest BCUT2D eigenvalue weighted by Crippen LogP contribution is 2.26. The van der Waals surface area contributed by atoms with Gasteiger partial charge < -0.3 is 4.74 Å². The summed E-state index contributed by atoms with van der Waals surface area (Å²) in [6, 6.07) is 6.32. The highest BCUT2D eigenvalue weighted by atomic mass is 79.9. The van der Waals surface area contributed by atoms with Crippen LogP contribution >= 0.6 is 15.9 Å². The molecule has 0 saturated heterocycles. The lowest BCUT2D eigenvalue weighted by atomic mass is 10.3. The lowest BCUT2D eigenvalue weighted by Gasteiger charge is -2.06. The molecule has 0 bridgehead atoms. The van der Waals surface area contributed by atoms with Gasteiger partial charge in [-0.3, -0.25) is 0 Å². The topological polar surface area (TPSA) is 39.4 Å². The summed E-state index contributed by atoms with van der Waals surface area (Å²) in [5, 5.41) is 4.07. The van der Waals surface area contributed by atoms with E-state index in [9.17, 15) is 4.39 Å². The molecule has 3 aromatic rings. The van der Waals surface area contributed by atoms with E-state index >= 15 is 0 Å². The molecule has 3 rings (SSSR count). The number of rotatable bonds is 2. The average molecular weight is 308 g/mol. The third-order valence-electron chi connectivity index (χ3n) is 2.39. The van der Waals surface area contributed by atoms with Crippen LogP contribution in [0.2, 0.25) is 0 Å². The smallest absolute Gasteiger partial charge is 0.245 e. The molecular formula is C12H7BrFN3O. The Hall–Kier alpha value is -1.95. The number of ether oxygens (including phenoxy) is 1. The normalized spacial score (nSPS) is 10.8. The van der Waals surface area contributed by atoms with Crippen LogP contribution in [0.15, 0.2) is 47.3 Å². The van der Waals surface area contributed by atoms with Crippen molar-refractivity contribution in [1.29, 1.82) is 0 Å². The van der Waals surface area contributed by atoms with Crippen molar-refractivity contribution in [3.05, 3.63) is 53.1 Å².